The Bertz CT molecular complexity index is 1310. The number of nitriles is 1. The zero-order chi connectivity index (χ0) is 30.3. The molecule has 4 heterocycles. The second-order valence-corrected chi connectivity index (χ2v) is 11.5. The van der Waals surface area contributed by atoms with E-state index in [4.69, 9.17) is 19.2 Å². The smallest absolute Gasteiger partial charge is 0.319 e. The third-order valence-electron chi connectivity index (χ3n) is 8.90. The highest BCUT2D eigenvalue weighted by molar-refractivity contribution is 5.87. The average Bonchev–Trinajstić information content (AvgIpc) is 3.46. The Balaban J connectivity index is 1.41. The van der Waals surface area contributed by atoms with Gasteiger partial charge in [-0.15, -0.1) is 0 Å². The first kappa shape index (κ1) is 30.7. The molecule has 4 atom stereocenters. The molecule has 3 unspecified atom stereocenters. The van der Waals surface area contributed by atoms with Crippen LogP contribution in [0.25, 0.3) is 0 Å². The number of piperazine rings is 1. The summed E-state index contributed by atoms with van der Waals surface area (Å²) in [6.45, 7) is 6.35. The maximum Gasteiger partial charge on any atom is 0.319 e. The summed E-state index contributed by atoms with van der Waals surface area (Å²) in [6.07, 6.45) is 13.1. The van der Waals surface area contributed by atoms with Crippen molar-refractivity contribution in [2.75, 3.05) is 51.8 Å². The quantitative estimate of drug-likeness (QED) is 0.281. The van der Waals surface area contributed by atoms with Crippen molar-refractivity contribution in [3.63, 3.8) is 0 Å². The maximum absolute atomic E-state index is 12.5. The van der Waals surface area contributed by atoms with Crippen LogP contribution >= 0.6 is 0 Å². The minimum Gasteiger partial charge on any atom is -0.490 e. The zero-order valence-electron chi connectivity index (χ0n) is 25.1. The highest BCUT2D eigenvalue weighted by Gasteiger charge is 2.34. The highest BCUT2D eigenvalue weighted by atomic mass is 16.5. The SMILES string of the molecule is C=CC(=O)N1CCN(c2nc(OCC3CCCN3C)nc(C=O)c2CC[C@H]2CC(OC)C3=C(C=CC[CH]3)O2)CC1CC#N. The molecule has 1 aromatic heterocycles. The van der Waals surface area contributed by atoms with Crippen LogP contribution in [-0.2, 0) is 20.7 Å². The first-order chi connectivity index (χ1) is 20.9. The number of aldehydes is 1. The van der Waals surface area contributed by atoms with Crippen LogP contribution in [0.5, 0.6) is 6.01 Å². The number of carbonyl (C=O) groups is 2. The topological polar surface area (TPSA) is 121 Å². The highest BCUT2D eigenvalue weighted by Crippen LogP contribution is 2.35. The number of hydrogen-bond donors (Lipinski definition) is 0. The lowest BCUT2D eigenvalue weighted by atomic mass is 9.90. The molecule has 5 rings (SSSR count). The lowest BCUT2D eigenvalue weighted by Crippen LogP contribution is -2.55. The molecule has 11 heteroatoms. The van der Waals surface area contributed by atoms with Gasteiger partial charge in [0.2, 0.25) is 5.91 Å². The van der Waals surface area contributed by atoms with Crippen molar-refractivity contribution in [2.45, 2.75) is 69.2 Å². The number of nitrogens with zero attached hydrogens (tertiary/aromatic N) is 6. The van der Waals surface area contributed by atoms with Gasteiger partial charge in [0.05, 0.1) is 24.6 Å². The molecule has 0 N–H and O–H groups in total. The van der Waals surface area contributed by atoms with Crippen LogP contribution in [-0.4, -0.2) is 103 Å². The molecule has 43 heavy (non-hydrogen) atoms. The van der Waals surface area contributed by atoms with E-state index in [1.54, 1.807) is 12.0 Å². The number of ether oxygens (including phenoxy) is 3. The molecule has 1 aromatic rings. The van der Waals surface area contributed by atoms with Gasteiger partial charge >= 0.3 is 6.01 Å². The molecule has 11 nitrogen and oxygen atoms in total. The van der Waals surface area contributed by atoms with Crippen molar-refractivity contribution in [3.8, 4) is 12.1 Å². The number of rotatable bonds is 11. The van der Waals surface area contributed by atoms with Gasteiger partial charge in [-0.05, 0) is 64.3 Å². The molecule has 0 saturated carbocycles. The summed E-state index contributed by atoms with van der Waals surface area (Å²) in [4.78, 5) is 40.4. The number of anilines is 1. The molecule has 0 spiro atoms. The minimum atomic E-state index is -0.341. The Morgan fingerprint density at radius 1 is 1.28 bits per heavy atom. The van der Waals surface area contributed by atoms with E-state index in [0.29, 0.717) is 56.9 Å². The van der Waals surface area contributed by atoms with Crippen LogP contribution in [0.4, 0.5) is 5.82 Å². The van der Waals surface area contributed by atoms with E-state index in [9.17, 15) is 14.9 Å². The van der Waals surface area contributed by atoms with E-state index in [0.717, 1.165) is 43.4 Å². The van der Waals surface area contributed by atoms with Crippen molar-refractivity contribution < 1.29 is 23.8 Å². The Labute approximate surface area is 253 Å². The molecule has 1 amide bonds. The Kier molecular flexibility index (Phi) is 10.1. The van der Waals surface area contributed by atoms with E-state index in [-0.39, 0.29) is 48.3 Å². The number of allylic oxidation sites excluding steroid dienone is 2. The number of aromatic nitrogens is 2. The number of hydrogen-bond acceptors (Lipinski definition) is 10. The second kappa shape index (κ2) is 14.1. The fourth-order valence-corrected chi connectivity index (χ4v) is 6.49. The van der Waals surface area contributed by atoms with Gasteiger partial charge in [0, 0.05) is 50.3 Å². The molecule has 1 radical (unpaired) electrons. The standard InChI is InChI=1S/C32H41N6O5/c1-4-30(40)38-17-16-37(19-22(38)13-14-33)31-25(12-11-24-18-29(41-3)26-9-5-6-10-28(26)43-24)27(20-39)34-32(35-31)42-21-23-8-7-15-36(23)2/h4,6,9-10,20,22-24,29H,1,5,7-8,11-13,15-19,21H2,2-3H3/t22?,23?,24-,29?/m0/s1. The first-order valence-electron chi connectivity index (χ1n) is 15.1. The normalized spacial score (nSPS) is 25.6. The summed E-state index contributed by atoms with van der Waals surface area (Å²) < 4.78 is 18.2. The Hall–Kier alpha value is -3.75. The average molecular weight is 590 g/mol. The first-order valence-corrected chi connectivity index (χ1v) is 15.1. The van der Waals surface area contributed by atoms with E-state index in [1.807, 2.05) is 11.0 Å². The Morgan fingerprint density at radius 2 is 2.14 bits per heavy atom. The van der Waals surface area contributed by atoms with Crippen molar-refractivity contribution in [2.24, 2.45) is 0 Å². The predicted molar refractivity (Wildman–Crippen MR) is 160 cm³/mol. The molecule has 4 aliphatic rings. The lowest BCUT2D eigenvalue weighted by molar-refractivity contribution is -0.128. The lowest BCUT2D eigenvalue weighted by Gasteiger charge is -2.41. The van der Waals surface area contributed by atoms with Crippen molar-refractivity contribution in [1.29, 1.82) is 5.26 Å². The minimum absolute atomic E-state index is 0.0494. The molecule has 1 aliphatic carbocycles. The van der Waals surface area contributed by atoms with Gasteiger partial charge in [-0.2, -0.15) is 15.2 Å². The zero-order valence-corrected chi connectivity index (χ0v) is 25.1. The Morgan fingerprint density at radius 3 is 2.86 bits per heavy atom. The van der Waals surface area contributed by atoms with Crippen LogP contribution in [0.1, 0.15) is 54.6 Å². The summed E-state index contributed by atoms with van der Waals surface area (Å²) in [6, 6.07) is 2.30. The molecule has 0 aromatic carbocycles. The molecular weight excluding hydrogens is 548 g/mol. The van der Waals surface area contributed by atoms with E-state index in [2.05, 4.69) is 42.1 Å². The second-order valence-electron chi connectivity index (χ2n) is 11.5. The predicted octanol–water partition coefficient (Wildman–Crippen LogP) is 3.03. The number of carbonyl (C=O) groups excluding carboxylic acids is 2. The molecular formula is C32H41N6O5. The monoisotopic (exact) mass is 589 g/mol. The van der Waals surface area contributed by atoms with Gasteiger partial charge < -0.3 is 28.9 Å². The number of likely N-dealkylation sites (tertiary alicyclic amines) is 1. The van der Waals surface area contributed by atoms with Crippen LogP contribution < -0.4 is 9.64 Å². The van der Waals surface area contributed by atoms with Crippen LogP contribution in [0.15, 0.2) is 36.1 Å². The van der Waals surface area contributed by atoms with Gasteiger partial charge in [0.1, 0.15) is 30.0 Å². The van der Waals surface area contributed by atoms with Crippen molar-refractivity contribution >= 4 is 18.0 Å². The van der Waals surface area contributed by atoms with E-state index < -0.39 is 0 Å². The maximum atomic E-state index is 12.5. The summed E-state index contributed by atoms with van der Waals surface area (Å²) in [5.74, 6) is 1.24. The van der Waals surface area contributed by atoms with E-state index >= 15 is 0 Å². The van der Waals surface area contributed by atoms with Crippen LogP contribution in [0.2, 0.25) is 0 Å². The molecule has 229 valence electrons. The van der Waals surface area contributed by atoms with Gasteiger partial charge in [0.15, 0.2) is 6.29 Å². The molecule has 0 bridgehead atoms. The van der Waals surface area contributed by atoms with Crippen LogP contribution in [0.3, 0.4) is 0 Å². The molecule has 3 aliphatic heterocycles. The third-order valence-corrected chi connectivity index (χ3v) is 8.90. The molecule has 2 fully saturated rings. The fourth-order valence-electron chi connectivity index (χ4n) is 6.49. The summed E-state index contributed by atoms with van der Waals surface area (Å²) in [7, 11) is 3.80. The summed E-state index contributed by atoms with van der Waals surface area (Å²) >= 11 is 0. The summed E-state index contributed by atoms with van der Waals surface area (Å²) in [5, 5.41) is 9.51. The van der Waals surface area contributed by atoms with Gasteiger partial charge in [0.25, 0.3) is 0 Å². The number of likely N-dealkylation sites (N-methyl/N-ethyl adjacent to an activating group) is 1. The van der Waals surface area contributed by atoms with Crippen LogP contribution in [0, 0.1) is 17.8 Å². The third kappa shape index (κ3) is 6.92. The van der Waals surface area contributed by atoms with Gasteiger partial charge in [-0.1, -0.05) is 12.7 Å². The number of methoxy groups -OCH3 is 1. The fraction of sp³-hybridized carbons (Fsp3) is 0.562. The molecule has 2 saturated heterocycles. The van der Waals surface area contributed by atoms with Crippen molar-refractivity contribution in [1.82, 2.24) is 19.8 Å². The van der Waals surface area contributed by atoms with E-state index in [1.165, 1.54) is 6.08 Å². The van der Waals surface area contributed by atoms with Gasteiger partial charge in [-0.25, -0.2) is 0 Å². The summed E-state index contributed by atoms with van der Waals surface area (Å²) in [5.41, 5.74) is 2.08. The number of amides is 1. The van der Waals surface area contributed by atoms with Crippen molar-refractivity contribution in [3.05, 3.63) is 53.8 Å². The largest absolute Gasteiger partial charge is 0.490 e. The van der Waals surface area contributed by atoms with Gasteiger partial charge in [-0.3, -0.25) is 9.59 Å².